The zero-order chi connectivity index (χ0) is 31.7. The van der Waals surface area contributed by atoms with Gasteiger partial charge in [-0.2, -0.15) is 17.6 Å². The average Bonchev–Trinajstić information content (AvgIpc) is 2.96. The summed E-state index contributed by atoms with van der Waals surface area (Å²) in [4.78, 5) is 74.3. The number of hydrogen-bond donors (Lipinski definition) is 3. The van der Waals surface area contributed by atoms with E-state index in [1.165, 1.54) is 7.11 Å². The number of primary amides is 1. The molecule has 3 amide bonds. The van der Waals surface area contributed by atoms with E-state index in [0.717, 1.165) is 12.8 Å². The summed E-state index contributed by atoms with van der Waals surface area (Å²) < 4.78 is 5.37. The van der Waals surface area contributed by atoms with Gasteiger partial charge in [0.05, 0.1) is 19.7 Å². The normalized spacial score (nSPS) is 17.2. The molecule has 1 heterocycles. The molecule has 0 aliphatic carbocycles. The summed E-state index contributed by atoms with van der Waals surface area (Å²) >= 11 is 4.28. The summed E-state index contributed by atoms with van der Waals surface area (Å²) in [6, 6.07) is -1.61. The highest BCUT2D eigenvalue weighted by atomic mass is 32.1. The van der Waals surface area contributed by atoms with Crippen LogP contribution in [0.1, 0.15) is 52.9 Å². The fraction of sp³-hybridized carbons (Fsp3) is 0.786. The molecule has 3 N–H and O–H groups in total. The van der Waals surface area contributed by atoms with Crippen molar-refractivity contribution in [1.29, 1.82) is 0 Å². The number of amides is 3. The lowest BCUT2D eigenvalue weighted by Gasteiger charge is -2.36. The first-order chi connectivity index (χ1) is 20.0. The van der Waals surface area contributed by atoms with Gasteiger partial charge in [0.1, 0.15) is 18.1 Å². The highest BCUT2D eigenvalue weighted by molar-refractivity contribution is 7.80. The van der Waals surface area contributed by atoms with Gasteiger partial charge in [-0.1, -0.05) is 13.8 Å². The number of carbonyl (C=O) groups excluding carboxylic acids is 5. The molecule has 14 heteroatoms. The Morgan fingerprint density at radius 3 is 2.43 bits per heavy atom. The standard InChI is InChI=1S/C28H51N7O6S/c1-6-21(7-2)24(37)19-22(26(29)39)30-25(38)10-9-23-27(40)31-28(41-5)34(8-3)15-16-35(23)14-13-33(17-18-36)12-11-32(4)20-42/h18,21-23,42H,6-17,19-20H2,1-5H3,(H2,29,39)(H,30,38)/t22-,23?/m0/s1. The van der Waals surface area contributed by atoms with Crippen molar-refractivity contribution in [2.75, 3.05) is 72.4 Å². The first-order valence-electron chi connectivity index (χ1n) is 14.8. The molecule has 1 rings (SSSR count). The number of carbonyl (C=O) groups is 5. The van der Waals surface area contributed by atoms with Gasteiger partial charge in [0.25, 0.3) is 11.9 Å². The monoisotopic (exact) mass is 613 g/mol. The molecular formula is C28H51N7O6S. The number of thiol groups is 1. The number of nitrogens with zero attached hydrogens (tertiary/aromatic N) is 5. The van der Waals surface area contributed by atoms with Crippen LogP contribution in [0, 0.1) is 5.92 Å². The smallest absolute Gasteiger partial charge is 0.295 e. The molecule has 240 valence electrons. The van der Waals surface area contributed by atoms with E-state index in [1.807, 2.05) is 47.4 Å². The minimum Gasteiger partial charge on any atom is -0.468 e. The summed E-state index contributed by atoms with van der Waals surface area (Å²) in [6.07, 6.45) is 2.05. The van der Waals surface area contributed by atoms with Gasteiger partial charge in [0.2, 0.25) is 11.8 Å². The van der Waals surface area contributed by atoms with E-state index in [0.29, 0.717) is 58.0 Å². The van der Waals surface area contributed by atoms with Crippen molar-refractivity contribution in [2.45, 2.75) is 65.0 Å². The van der Waals surface area contributed by atoms with Crippen LogP contribution in [-0.4, -0.2) is 140 Å². The third-order valence-electron chi connectivity index (χ3n) is 7.67. The van der Waals surface area contributed by atoms with E-state index >= 15 is 0 Å². The molecule has 1 aliphatic heterocycles. The van der Waals surface area contributed by atoms with Gasteiger partial charge in [-0.15, -0.1) is 0 Å². The van der Waals surface area contributed by atoms with Gasteiger partial charge in [0, 0.05) is 70.4 Å². The molecule has 0 radical (unpaired) electrons. The number of rotatable bonds is 20. The minimum absolute atomic E-state index is 0.0734. The molecule has 13 nitrogen and oxygen atoms in total. The number of aliphatic imine (C=N–C) groups is 1. The number of ketones is 1. The van der Waals surface area contributed by atoms with Crippen LogP contribution < -0.4 is 11.1 Å². The van der Waals surface area contributed by atoms with Crippen molar-refractivity contribution in [1.82, 2.24) is 24.9 Å². The van der Waals surface area contributed by atoms with Crippen LogP contribution in [0.5, 0.6) is 0 Å². The molecule has 2 atom stereocenters. The number of methoxy groups -OCH3 is 1. The Bertz CT molecular complexity index is 917. The van der Waals surface area contributed by atoms with E-state index < -0.39 is 29.8 Å². The van der Waals surface area contributed by atoms with Gasteiger partial charge in [-0.25, -0.2) is 0 Å². The second-order valence-corrected chi connectivity index (χ2v) is 10.8. The molecule has 1 unspecified atom stereocenters. The van der Waals surface area contributed by atoms with E-state index in [4.69, 9.17) is 10.5 Å². The Balaban J connectivity index is 3.06. The maximum absolute atomic E-state index is 13.4. The van der Waals surface area contributed by atoms with Gasteiger partial charge >= 0.3 is 0 Å². The Labute approximate surface area is 255 Å². The average molecular weight is 614 g/mol. The van der Waals surface area contributed by atoms with Gasteiger partial charge in [-0.3, -0.25) is 33.9 Å². The summed E-state index contributed by atoms with van der Waals surface area (Å²) in [5.74, 6) is -1.42. The molecule has 0 saturated heterocycles. The zero-order valence-electron chi connectivity index (χ0n) is 25.9. The van der Waals surface area contributed by atoms with Crippen molar-refractivity contribution in [3.8, 4) is 0 Å². The van der Waals surface area contributed by atoms with Gasteiger partial charge in [0.15, 0.2) is 0 Å². The summed E-state index contributed by atoms with van der Waals surface area (Å²) in [5.41, 5.74) is 5.50. The van der Waals surface area contributed by atoms with Gasteiger partial charge < -0.3 is 25.5 Å². The third kappa shape index (κ3) is 12.8. The number of likely N-dealkylation sites (N-methyl/N-ethyl adjacent to an activating group) is 2. The quantitative estimate of drug-likeness (QED) is 0.0969. The zero-order valence-corrected chi connectivity index (χ0v) is 26.8. The molecule has 0 spiro atoms. The van der Waals surface area contributed by atoms with E-state index in [1.54, 1.807) is 0 Å². The van der Waals surface area contributed by atoms with Crippen molar-refractivity contribution in [3.63, 3.8) is 0 Å². The number of nitrogens with two attached hydrogens (primary N) is 1. The fourth-order valence-corrected chi connectivity index (χ4v) is 5.00. The molecular weight excluding hydrogens is 562 g/mol. The molecule has 1 aliphatic rings. The Morgan fingerprint density at radius 2 is 1.88 bits per heavy atom. The van der Waals surface area contributed by atoms with Crippen molar-refractivity contribution < 1.29 is 28.7 Å². The van der Waals surface area contributed by atoms with Crippen LogP contribution in [-0.2, 0) is 28.7 Å². The van der Waals surface area contributed by atoms with Gasteiger partial charge in [-0.05, 0) is 33.2 Å². The van der Waals surface area contributed by atoms with Crippen molar-refractivity contribution in [3.05, 3.63) is 0 Å². The van der Waals surface area contributed by atoms with Crippen molar-refractivity contribution >= 4 is 48.4 Å². The maximum Gasteiger partial charge on any atom is 0.295 e. The molecule has 0 fully saturated rings. The topological polar surface area (TPSA) is 158 Å². The first kappa shape index (κ1) is 37.5. The highest BCUT2D eigenvalue weighted by Gasteiger charge is 2.32. The lowest BCUT2D eigenvalue weighted by Crippen LogP contribution is -2.52. The van der Waals surface area contributed by atoms with E-state index in [2.05, 4.69) is 22.9 Å². The lowest BCUT2D eigenvalue weighted by molar-refractivity contribution is -0.131. The number of amidine groups is 1. The first-order valence-corrected chi connectivity index (χ1v) is 15.4. The van der Waals surface area contributed by atoms with Crippen LogP contribution in [0.3, 0.4) is 0 Å². The lowest BCUT2D eigenvalue weighted by atomic mass is 9.93. The Hall–Kier alpha value is -2.55. The van der Waals surface area contributed by atoms with Crippen molar-refractivity contribution in [2.24, 2.45) is 16.6 Å². The highest BCUT2D eigenvalue weighted by Crippen LogP contribution is 2.16. The number of nitrogens with one attached hydrogen (secondary N) is 1. The minimum atomic E-state index is -1.11. The second-order valence-electron chi connectivity index (χ2n) is 10.5. The second kappa shape index (κ2) is 20.4. The van der Waals surface area contributed by atoms with E-state index in [-0.39, 0.29) is 43.5 Å². The number of ether oxygens (including phenoxy) is 1. The fourth-order valence-electron chi connectivity index (χ4n) is 4.86. The molecule has 0 bridgehead atoms. The molecule has 0 saturated carbocycles. The molecule has 0 aromatic heterocycles. The summed E-state index contributed by atoms with van der Waals surface area (Å²) in [5, 5.41) is 2.59. The summed E-state index contributed by atoms with van der Waals surface area (Å²) in [6.45, 7) is 10.0. The predicted molar refractivity (Wildman–Crippen MR) is 165 cm³/mol. The summed E-state index contributed by atoms with van der Waals surface area (Å²) in [7, 11) is 3.40. The molecule has 42 heavy (non-hydrogen) atoms. The predicted octanol–water partition coefficient (Wildman–Crippen LogP) is -0.0128. The molecule has 0 aromatic rings. The maximum atomic E-state index is 13.4. The number of Topliss-reactive ketones (excluding diaryl/α,β-unsaturated/α-hetero) is 1. The van der Waals surface area contributed by atoms with E-state index in [9.17, 15) is 24.0 Å². The SMILES string of the molecule is CCC(CC)C(=O)C[C@H](NC(=O)CCC1C(=O)N=C(OC)N(CC)CCN1CCN(CC=O)CCN(C)CS)C(N)=O. The largest absolute Gasteiger partial charge is 0.468 e. The Morgan fingerprint density at radius 1 is 1.19 bits per heavy atom. The van der Waals surface area contributed by atoms with Crippen LogP contribution in [0.4, 0.5) is 0 Å². The molecule has 0 aromatic carbocycles. The number of aldehydes is 1. The van der Waals surface area contributed by atoms with Crippen LogP contribution in [0.15, 0.2) is 4.99 Å². The third-order valence-corrected chi connectivity index (χ3v) is 8.15. The number of hydrogen-bond acceptors (Lipinski definition) is 11. The Kier molecular flexibility index (Phi) is 18.2. The van der Waals surface area contributed by atoms with Crippen LogP contribution >= 0.6 is 12.6 Å². The van der Waals surface area contributed by atoms with Crippen LogP contribution in [0.25, 0.3) is 0 Å². The van der Waals surface area contributed by atoms with Crippen LogP contribution in [0.2, 0.25) is 0 Å².